The summed E-state index contributed by atoms with van der Waals surface area (Å²) >= 11 is 0. The van der Waals surface area contributed by atoms with Crippen LogP contribution in [0.5, 0.6) is 0 Å². The van der Waals surface area contributed by atoms with Gasteiger partial charge in [0.2, 0.25) is 14.9 Å². The predicted octanol–water partition coefficient (Wildman–Crippen LogP) is 2.31. The molecule has 39 heavy (non-hydrogen) atoms. The third-order valence-electron chi connectivity index (χ3n) is 7.91. The number of benzene rings is 1. The Labute approximate surface area is 226 Å². The summed E-state index contributed by atoms with van der Waals surface area (Å²) in [6, 6.07) is 10.3. The first-order valence-corrected chi connectivity index (χ1v) is 15.8. The molecular weight excluding hydrogens is 540 g/mol. The predicted molar refractivity (Wildman–Crippen MR) is 142 cm³/mol. The highest BCUT2D eigenvalue weighted by Gasteiger charge is 2.42. The zero-order valence-electron chi connectivity index (χ0n) is 21.4. The van der Waals surface area contributed by atoms with E-state index < -0.39 is 20.0 Å². The third-order valence-corrected chi connectivity index (χ3v) is 11.3. The molecule has 0 unspecified atom stereocenters. The monoisotopic (exact) mass is 568 g/mol. The van der Waals surface area contributed by atoms with E-state index in [1.54, 1.807) is 47.9 Å². The van der Waals surface area contributed by atoms with Gasteiger partial charge in [0.15, 0.2) is 11.3 Å². The normalized spacial score (nSPS) is 22.8. The van der Waals surface area contributed by atoms with Crippen LogP contribution in [-0.2, 0) is 20.0 Å². The second-order valence-corrected chi connectivity index (χ2v) is 13.9. The Morgan fingerprint density at radius 3 is 2.62 bits per heavy atom. The molecule has 0 amide bonds. The quantitative estimate of drug-likeness (QED) is 0.343. The van der Waals surface area contributed by atoms with E-state index in [1.807, 2.05) is 6.92 Å². The molecular formula is C25H28N8O4S2. The van der Waals surface area contributed by atoms with Gasteiger partial charge in [0.25, 0.3) is 10.2 Å². The van der Waals surface area contributed by atoms with Crippen molar-refractivity contribution in [2.24, 2.45) is 11.8 Å². The van der Waals surface area contributed by atoms with Crippen molar-refractivity contribution in [3.05, 3.63) is 47.9 Å². The van der Waals surface area contributed by atoms with Gasteiger partial charge >= 0.3 is 0 Å². The average Bonchev–Trinajstić information content (AvgIpc) is 3.59. The maximum absolute atomic E-state index is 13.8. The van der Waals surface area contributed by atoms with Crippen LogP contribution in [0, 0.1) is 30.1 Å². The largest absolute Gasteiger partial charge is 0.345 e. The lowest BCUT2D eigenvalue weighted by Gasteiger charge is -2.34. The molecule has 1 saturated carbocycles. The number of nitrogens with zero attached hydrogens (tertiary/aromatic N) is 6. The number of hydrogen-bond acceptors (Lipinski definition) is 8. The fraction of sp³-hybridized carbons (Fsp3) is 0.440. The van der Waals surface area contributed by atoms with Crippen LogP contribution < -0.4 is 4.72 Å². The Morgan fingerprint density at radius 1 is 1.13 bits per heavy atom. The molecule has 0 spiro atoms. The van der Waals surface area contributed by atoms with E-state index in [9.17, 15) is 16.8 Å². The summed E-state index contributed by atoms with van der Waals surface area (Å²) in [5.74, 6) is 0.258. The van der Waals surface area contributed by atoms with E-state index in [1.165, 1.54) is 4.31 Å². The lowest BCUT2D eigenvalue weighted by molar-refractivity contribution is 0.243. The maximum atomic E-state index is 13.8. The van der Waals surface area contributed by atoms with Crippen LogP contribution in [0.25, 0.3) is 16.8 Å². The van der Waals surface area contributed by atoms with Crippen molar-refractivity contribution >= 4 is 36.9 Å². The summed E-state index contributed by atoms with van der Waals surface area (Å²) in [7, 11) is -7.72. The number of nitrogens with one attached hydrogen (secondary N) is 2. The zero-order chi connectivity index (χ0) is 27.5. The summed E-state index contributed by atoms with van der Waals surface area (Å²) < 4.78 is 59.2. The standard InChI is InChI=1S/C25H28N8O4S2/c1-3-17-10-18(31-39(36,37)32-13-16(12-26)14-32)11-19(17)23-29-30-24-25(28-22-20(33(23)24)8-9-27-22)38(34,35)21-7-5-4-6-15(21)2/h4-9,16-19,27,31H,3,10-11,13-14H2,1-2H3/t17-,18+,19+/m1/s1. The number of sulfone groups is 1. The Bertz CT molecular complexity index is 1830. The molecule has 4 aromatic rings. The number of hydrogen-bond donors (Lipinski definition) is 2. The number of aromatic amines is 1. The van der Waals surface area contributed by atoms with Crippen LogP contribution in [0.4, 0.5) is 0 Å². The number of aromatic nitrogens is 5. The minimum atomic E-state index is -4.02. The Balaban J connectivity index is 1.40. The fourth-order valence-corrected chi connectivity index (χ4v) is 8.88. The van der Waals surface area contributed by atoms with Gasteiger partial charge in [0.1, 0.15) is 5.82 Å². The Hall–Kier alpha value is -3.38. The van der Waals surface area contributed by atoms with Crippen LogP contribution in [0.2, 0.25) is 0 Å². The van der Waals surface area contributed by atoms with Crippen LogP contribution in [0.15, 0.2) is 46.5 Å². The van der Waals surface area contributed by atoms with Crippen LogP contribution in [-0.4, -0.2) is 64.8 Å². The Kier molecular flexibility index (Phi) is 6.22. The number of H-pyrrole nitrogens is 1. The van der Waals surface area contributed by atoms with Gasteiger partial charge in [-0.15, -0.1) is 10.2 Å². The van der Waals surface area contributed by atoms with Gasteiger partial charge in [0, 0.05) is 31.2 Å². The highest BCUT2D eigenvalue weighted by Crippen LogP contribution is 2.42. The van der Waals surface area contributed by atoms with E-state index in [0.29, 0.717) is 35.4 Å². The highest BCUT2D eigenvalue weighted by molar-refractivity contribution is 7.91. The van der Waals surface area contributed by atoms with Crippen molar-refractivity contribution in [1.82, 2.24) is 33.6 Å². The van der Waals surface area contributed by atoms with Gasteiger partial charge in [-0.25, -0.2) is 13.4 Å². The van der Waals surface area contributed by atoms with Crippen LogP contribution in [0.1, 0.15) is 43.5 Å². The molecule has 0 radical (unpaired) electrons. The molecule has 2 fully saturated rings. The molecule has 1 aromatic carbocycles. The zero-order valence-corrected chi connectivity index (χ0v) is 23.1. The lowest BCUT2D eigenvalue weighted by Crippen LogP contribution is -2.55. The summed E-state index contributed by atoms with van der Waals surface area (Å²) in [6.45, 7) is 4.18. The number of rotatable bonds is 7. The van der Waals surface area contributed by atoms with E-state index in [-0.39, 0.29) is 52.5 Å². The average molecular weight is 569 g/mol. The van der Waals surface area contributed by atoms with Crippen LogP contribution >= 0.6 is 0 Å². The molecule has 1 saturated heterocycles. The summed E-state index contributed by atoms with van der Waals surface area (Å²) in [5, 5.41) is 17.6. The molecule has 0 bridgehead atoms. The van der Waals surface area contributed by atoms with Crippen molar-refractivity contribution < 1.29 is 16.8 Å². The minimum absolute atomic E-state index is 0.104. The molecule has 3 aromatic heterocycles. The summed E-state index contributed by atoms with van der Waals surface area (Å²) in [4.78, 5) is 7.63. The van der Waals surface area contributed by atoms with E-state index in [0.717, 1.165) is 6.42 Å². The van der Waals surface area contributed by atoms with Gasteiger partial charge in [-0.05, 0) is 43.4 Å². The molecule has 6 rings (SSSR count). The van der Waals surface area contributed by atoms with Gasteiger partial charge in [-0.1, -0.05) is 31.5 Å². The van der Waals surface area contributed by atoms with Crippen molar-refractivity contribution in [1.29, 1.82) is 5.26 Å². The van der Waals surface area contributed by atoms with Gasteiger partial charge in [0.05, 0.1) is 22.4 Å². The summed E-state index contributed by atoms with van der Waals surface area (Å²) in [5.41, 5.74) is 1.78. The van der Waals surface area contributed by atoms with Gasteiger partial charge in [-0.3, -0.25) is 4.40 Å². The van der Waals surface area contributed by atoms with Crippen molar-refractivity contribution in [3.63, 3.8) is 0 Å². The SMILES string of the molecule is CC[C@@H]1C[C@H](NS(=O)(=O)N2CC(C#N)C2)C[C@@H]1c1nnc2c(S(=O)(=O)c3ccccc3C)nc3[nH]ccc3n12. The molecule has 1 aliphatic carbocycles. The molecule has 2 aliphatic rings. The van der Waals surface area contributed by atoms with Gasteiger partial charge in [-0.2, -0.15) is 22.7 Å². The van der Waals surface area contributed by atoms with E-state index >= 15 is 0 Å². The second-order valence-electron chi connectivity index (χ2n) is 10.3. The van der Waals surface area contributed by atoms with E-state index in [4.69, 9.17) is 5.26 Å². The molecule has 14 heteroatoms. The molecule has 4 heterocycles. The second kappa shape index (κ2) is 9.37. The number of fused-ring (bicyclic) bond motifs is 3. The minimum Gasteiger partial charge on any atom is -0.345 e. The molecule has 204 valence electrons. The maximum Gasteiger partial charge on any atom is 0.279 e. The molecule has 12 nitrogen and oxygen atoms in total. The fourth-order valence-electron chi connectivity index (χ4n) is 5.82. The Morgan fingerprint density at radius 2 is 1.90 bits per heavy atom. The van der Waals surface area contributed by atoms with Crippen molar-refractivity contribution in [2.45, 2.75) is 55.0 Å². The first-order valence-electron chi connectivity index (χ1n) is 12.8. The molecule has 1 aliphatic heterocycles. The van der Waals surface area contributed by atoms with Crippen LogP contribution in [0.3, 0.4) is 0 Å². The molecule has 3 atom stereocenters. The van der Waals surface area contributed by atoms with Crippen molar-refractivity contribution in [2.75, 3.05) is 13.1 Å². The first kappa shape index (κ1) is 25.9. The number of aryl methyl sites for hydroxylation is 1. The van der Waals surface area contributed by atoms with E-state index in [2.05, 4.69) is 31.0 Å². The smallest absolute Gasteiger partial charge is 0.279 e. The van der Waals surface area contributed by atoms with Crippen molar-refractivity contribution in [3.8, 4) is 6.07 Å². The third kappa shape index (κ3) is 4.20. The van der Waals surface area contributed by atoms with Gasteiger partial charge < -0.3 is 4.98 Å². The first-order chi connectivity index (χ1) is 18.6. The number of nitriles is 1. The lowest BCUT2D eigenvalue weighted by atomic mass is 9.93. The molecule has 2 N–H and O–H groups in total. The topological polar surface area (TPSA) is 166 Å². The summed E-state index contributed by atoms with van der Waals surface area (Å²) in [6.07, 6.45) is 3.58. The highest BCUT2D eigenvalue weighted by atomic mass is 32.2.